The van der Waals surface area contributed by atoms with E-state index in [-0.39, 0.29) is 11.4 Å². The zero-order valence-corrected chi connectivity index (χ0v) is 17.9. The summed E-state index contributed by atoms with van der Waals surface area (Å²) in [4.78, 5) is 4.66. The van der Waals surface area contributed by atoms with Gasteiger partial charge in [-0.1, -0.05) is 75.7 Å². The van der Waals surface area contributed by atoms with Crippen LogP contribution in [0.25, 0.3) is 22.5 Å². The summed E-state index contributed by atoms with van der Waals surface area (Å²) in [6.45, 7) is 0. The van der Waals surface area contributed by atoms with Gasteiger partial charge in [0.15, 0.2) is 0 Å². The summed E-state index contributed by atoms with van der Waals surface area (Å²) in [7, 11) is 0. The van der Waals surface area contributed by atoms with Crippen LogP contribution in [0, 0.1) is 11.3 Å². The Balaban J connectivity index is 2.29. The van der Waals surface area contributed by atoms with Gasteiger partial charge in [-0.15, -0.1) is 0 Å². The molecular weight excluding hydrogens is 469 g/mol. The fourth-order valence-electron chi connectivity index (χ4n) is 2.57. The van der Waals surface area contributed by atoms with E-state index in [0.717, 1.165) is 0 Å². The molecule has 0 saturated carbocycles. The van der Waals surface area contributed by atoms with Crippen LogP contribution >= 0.6 is 69.6 Å². The zero-order chi connectivity index (χ0) is 19.7. The Morgan fingerprint density at radius 1 is 0.778 bits per heavy atom. The molecule has 0 atom stereocenters. The van der Waals surface area contributed by atoms with Gasteiger partial charge in [0.2, 0.25) is 0 Å². The van der Waals surface area contributed by atoms with Crippen molar-refractivity contribution in [2.24, 2.45) is 0 Å². The van der Waals surface area contributed by atoms with Crippen molar-refractivity contribution in [3.8, 4) is 28.6 Å². The van der Waals surface area contributed by atoms with Crippen LogP contribution in [-0.2, 0) is 6.42 Å². The number of benzene rings is 2. The molecule has 0 unspecified atom stereocenters. The summed E-state index contributed by atoms with van der Waals surface area (Å²) >= 11 is 37.2. The van der Waals surface area contributed by atoms with Crippen molar-refractivity contribution < 1.29 is 0 Å². The molecule has 0 bridgehead atoms. The van der Waals surface area contributed by atoms with Crippen LogP contribution < -0.4 is 0 Å². The highest BCUT2D eigenvalue weighted by atomic mass is 35.5. The lowest BCUT2D eigenvalue weighted by Crippen LogP contribution is -1.97. The van der Waals surface area contributed by atoms with Gasteiger partial charge in [-0.05, 0) is 35.9 Å². The lowest BCUT2D eigenvalue weighted by molar-refractivity contribution is 1.20. The standard InChI is InChI=1S/C19H8Cl6N2/c20-10-5-12(17(24)14(22)7-10)16-2-1-9(3-4-26)19(27-16)13-6-11(21)8-15(23)18(13)25/h1-2,5-8H,3H2. The molecule has 136 valence electrons. The molecule has 3 aromatic rings. The predicted molar refractivity (Wildman–Crippen MR) is 114 cm³/mol. The molecule has 0 spiro atoms. The van der Waals surface area contributed by atoms with Crippen molar-refractivity contribution >= 4 is 69.6 Å². The van der Waals surface area contributed by atoms with Crippen molar-refractivity contribution in [1.29, 1.82) is 5.26 Å². The molecule has 0 amide bonds. The lowest BCUT2D eigenvalue weighted by Gasteiger charge is -2.13. The average molecular weight is 477 g/mol. The van der Waals surface area contributed by atoms with Gasteiger partial charge in [0, 0.05) is 21.2 Å². The first-order valence-corrected chi connectivity index (χ1v) is 9.75. The Morgan fingerprint density at radius 3 is 1.93 bits per heavy atom. The van der Waals surface area contributed by atoms with Gasteiger partial charge in [0.25, 0.3) is 0 Å². The monoisotopic (exact) mass is 474 g/mol. The normalized spacial score (nSPS) is 10.7. The molecule has 0 saturated heterocycles. The predicted octanol–water partition coefficient (Wildman–Crippen LogP) is 8.40. The Hall–Kier alpha value is -1.18. The van der Waals surface area contributed by atoms with E-state index in [1.165, 1.54) is 6.07 Å². The minimum Gasteiger partial charge on any atom is -0.247 e. The first kappa shape index (κ1) is 20.6. The van der Waals surface area contributed by atoms with E-state index in [9.17, 15) is 0 Å². The summed E-state index contributed by atoms with van der Waals surface area (Å²) in [6.07, 6.45) is 0.132. The lowest BCUT2D eigenvalue weighted by atomic mass is 10.0. The van der Waals surface area contributed by atoms with Crippen LogP contribution in [0.2, 0.25) is 30.1 Å². The Bertz CT molecular complexity index is 1090. The van der Waals surface area contributed by atoms with E-state index in [4.69, 9.17) is 74.9 Å². The van der Waals surface area contributed by atoms with Crippen LogP contribution in [0.15, 0.2) is 36.4 Å². The number of halogens is 6. The molecule has 0 N–H and O–H groups in total. The highest BCUT2D eigenvalue weighted by molar-refractivity contribution is 6.45. The summed E-state index contributed by atoms with van der Waals surface area (Å²) in [5.41, 5.74) is 2.75. The maximum absolute atomic E-state index is 9.15. The third-order valence-corrected chi connectivity index (χ3v) is 5.81. The molecule has 2 aromatic carbocycles. The Kier molecular flexibility index (Phi) is 6.43. The van der Waals surface area contributed by atoms with Crippen LogP contribution in [0.3, 0.4) is 0 Å². The average Bonchev–Trinajstić information content (AvgIpc) is 2.62. The second-order valence-corrected chi connectivity index (χ2v) is 7.98. The summed E-state index contributed by atoms with van der Waals surface area (Å²) in [5.74, 6) is 0. The maximum Gasteiger partial charge on any atom is 0.0768 e. The van der Waals surface area contributed by atoms with E-state index in [2.05, 4.69) is 11.1 Å². The fourth-order valence-corrected chi connectivity index (χ4v) is 3.96. The third kappa shape index (κ3) is 4.30. The van der Waals surface area contributed by atoms with Crippen LogP contribution in [-0.4, -0.2) is 4.98 Å². The quantitative estimate of drug-likeness (QED) is 0.356. The minimum absolute atomic E-state index is 0.132. The first-order valence-electron chi connectivity index (χ1n) is 7.48. The maximum atomic E-state index is 9.15. The highest BCUT2D eigenvalue weighted by Crippen LogP contribution is 2.40. The van der Waals surface area contributed by atoms with Crippen molar-refractivity contribution in [2.45, 2.75) is 6.42 Å². The van der Waals surface area contributed by atoms with Gasteiger partial charge in [-0.2, -0.15) is 5.26 Å². The second kappa shape index (κ2) is 8.45. The van der Waals surface area contributed by atoms with Crippen molar-refractivity contribution in [1.82, 2.24) is 4.98 Å². The van der Waals surface area contributed by atoms with Crippen molar-refractivity contribution in [3.63, 3.8) is 0 Å². The molecule has 27 heavy (non-hydrogen) atoms. The fraction of sp³-hybridized carbons (Fsp3) is 0.0526. The SMILES string of the molecule is N#CCc1ccc(-c2cc(Cl)cc(Cl)c2Cl)nc1-c1cc(Cl)cc(Cl)c1Cl. The number of hydrogen-bond donors (Lipinski definition) is 0. The topological polar surface area (TPSA) is 36.7 Å². The first-order chi connectivity index (χ1) is 12.8. The zero-order valence-electron chi connectivity index (χ0n) is 13.3. The molecule has 0 aliphatic heterocycles. The molecule has 0 fully saturated rings. The van der Waals surface area contributed by atoms with Gasteiger partial charge in [-0.25, -0.2) is 4.98 Å². The smallest absolute Gasteiger partial charge is 0.0768 e. The molecular formula is C19H8Cl6N2. The van der Waals surface area contributed by atoms with Gasteiger partial charge in [-0.3, -0.25) is 0 Å². The second-order valence-electron chi connectivity index (χ2n) is 5.54. The Labute approximate surface area is 186 Å². The van der Waals surface area contributed by atoms with Crippen molar-refractivity contribution in [3.05, 3.63) is 72.1 Å². The number of rotatable bonds is 3. The number of hydrogen-bond acceptors (Lipinski definition) is 2. The van der Waals surface area contributed by atoms with Crippen LogP contribution in [0.4, 0.5) is 0 Å². The summed E-state index contributed by atoms with van der Waals surface area (Å²) in [6, 6.07) is 12.0. The molecule has 8 heteroatoms. The minimum atomic E-state index is 0.132. The van der Waals surface area contributed by atoms with Gasteiger partial charge < -0.3 is 0 Å². The molecule has 2 nitrogen and oxygen atoms in total. The summed E-state index contributed by atoms with van der Waals surface area (Å²) < 4.78 is 0. The number of nitrogens with zero attached hydrogens (tertiary/aromatic N) is 2. The number of aromatic nitrogens is 1. The van der Waals surface area contributed by atoms with E-state index in [1.807, 2.05) is 0 Å². The third-order valence-electron chi connectivity index (χ3n) is 3.77. The van der Waals surface area contributed by atoms with Crippen LogP contribution in [0.5, 0.6) is 0 Å². The largest absolute Gasteiger partial charge is 0.247 e. The number of nitriles is 1. The molecule has 0 radical (unpaired) electrons. The van der Waals surface area contributed by atoms with E-state index < -0.39 is 0 Å². The Morgan fingerprint density at radius 2 is 1.33 bits per heavy atom. The molecule has 0 aliphatic rings. The van der Waals surface area contributed by atoms with Gasteiger partial charge >= 0.3 is 0 Å². The van der Waals surface area contributed by atoms with Gasteiger partial charge in [0.05, 0.1) is 44.0 Å². The van der Waals surface area contributed by atoms with Crippen LogP contribution in [0.1, 0.15) is 5.56 Å². The molecule has 3 rings (SSSR count). The number of pyridine rings is 1. The van der Waals surface area contributed by atoms with Gasteiger partial charge in [0.1, 0.15) is 0 Å². The molecule has 1 aromatic heterocycles. The van der Waals surface area contributed by atoms with E-state index in [0.29, 0.717) is 53.2 Å². The van der Waals surface area contributed by atoms with E-state index in [1.54, 1.807) is 30.3 Å². The molecule has 0 aliphatic carbocycles. The molecule has 1 heterocycles. The summed E-state index contributed by atoms with van der Waals surface area (Å²) in [5, 5.41) is 11.2. The van der Waals surface area contributed by atoms with Crippen molar-refractivity contribution in [2.75, 3.05) is 0 Å². The highest BCUT2D eigenvalue weighted by Gasteiger charge is 2.17. The van der Waals surface area contributed by atoms with E-state index >= 15 is 0 Å².